The molecule has 0 saturated heterocycles. The Kier molecular flexibility index (Phi) is 9.35. The topological polar surface area (TPSA) is 134 Å². The molecule has 2 aromatic heterocycles. The summed E-state index contributed by atoms with van der Waals surface area (Å²) in [5.74, 6) is 1.05. The number of hydrogen-bond donors (Lipinski definition) is 1. The minimum absolute atomic E-state index is 0.00861. The molecule has 0 radical (unpaired) electrons. The molecule has 2 aliphatic rings. The first-order valence-corrected chi connectivity index (χ1v) is 18.0. The maximum Gasteiger partial charge on any atom is 0.408 e. The van der Waals surface area contributed by atoms with E-state index < -0.39 is 47.5 Å². The second-order valence-corrected chi connectivity index (χ2v) is 15.4. The lowest BCUT2D eigenvalue weighted by atomic mass is 9.97. The van der Waals surface area contributed by atoms with Gasteiger partial charge in [0, 0.05) is 37.6 Å². The fourth-order valence-corrected chi connectivity index (χ4v) is 6.51. The molecule has 49 heavy (non-hydrogen) atoms. The van der Waals surface area contributed by atoms with Crippen molar-refractivity contribution in [3.63, 3.8) is 0 Å². The van der Waals surface area contributed by atoms with Gasteiger partial charge in [0.25, 0.3) is 22.4 Å². The largest absolute Gasteiger partial charge is 0.456 e. The van der Waals surface area contributed by atoms with E-state index >= 15 is 0 Å². The number of alkyl halides is 2. The van der Waals surface area contributed by atoms with Crippen LogP contribution in [0.1, 0.15) is 49.5 Å². The summed E-state index contributed by atoms with van der Waals surface area (Å²) in [6.45, 7) is 4.52. The van der Waals surface area contributed by atoms with E-state index in [1.165, 1.54) is 4.90 Å². The van der Waals surface area contributed by atoms with Crippen LogP contribution in [0.3, 0.4) is 0 Å². The summed E-state index contributed by atoms with van der Waals surface area (Å²) in [5, 5.41) is 3.32. The van der Waals surface area contributed by atoms with Crippen molar-refractivity contribution in [2.45, 2.75) is 64.6 Å². The second kappa shape index (κ2) is 13.2. The molecule has 2 aromatic carbocycles. The number of imidazole rings is 1. The van der Waals surface area contributed by atoms with Crippen LogP contribution in [0.25, 0.3) is 33.5 Å². The van der Waals surface area contributed by atoms with Crippen molar-refractivity contribution < 1.29 is 40.4 Å². The average Bonchev–Trinajstić information content (AvgIpc) is 3.68. The molecule has 2 amide bonds. The zero-order valence-corrected chi connectivity index (χ0v) is 29.0. The van der Waals surface area contributed by atoms with Gasteiger partial charge in [-0.15, -0.1) is 0 Å². The summed E-state index contributed by atoms with van der Waals surface area (Å²) in [6, 6.07) is 10.0. The van der Waals surface area contributed by atoms with E-state index in [0.29, 0.717) is 47.8 Å². The molecule has 1 aliphatic carbocycles. The zero-order chi connectivity index (χ0) is 35.2. The lowest BCUT2D eigenvalue weighted by Crippen LogP contribution is -2.50. The van der Waals surface area contributed by atoms with Crippen LogP contribution in [-0.2, 0) is 39.1 Å². The maximum atomic E-state index is 14.8. The number of aromatic nitrogens is 3. The quantitative estimate of drug-likeness (QED) is 0.202. The molecule has 1 fully saturated rings. The predicted molar refractivity (Wildman–Crippen MR) is 179 cm³/mol. The summed E-state index contributed by atoms with van der Waals surface area (Å²) in [6.07, 6.45) is 0.743. The molecular formula is C34H41F2N5O7S. The van der Waals surface area contributed by atoms with Gasteiger partial charge < -0.3 is 28.8 Å². The van der Waals surface area contributed by atoms with Crippen LogP contribution >= 0.6 is 0 Å². The van der Waals surface area contributed by atoms with E-state index in [4.69, 9.17) is 14.5 Å². The van der Waals surface area contributed by atoms with Crippen molar-refractivity contribution in [3.8, 4) is 17.3 Å². The van der Waals surface area contributed by atoms with Crippen molar-refractivity contribution in [1.82, 2.24) is 24.3 Å². The monoisotopic (exact) mass is 701 g/mol. The van der Waals surface area contributed by atoms with E-state index in [2.05, 4.69) is 14.1 Å². The van der Waals surface area contributed by atoms with Gasteiger partial charge in [-0.2, -0.15) is 12.8 Å². The van der Waals surface area contributed by atoms with Gasteiger partial charge >= 0.3 is 6.09 Å². The van der Waals surface area contributed by atoms with Gasteiger partial charge in [0.05, 0.1) is 34.5 Å². The Morgan fingerprint density at radius 2 is 1.94 bits per heavy atom. The summed E-state index contributed by atoms with van der Waals surface area (Å²) < 4.78 is 70.9. The molecule has 2 atom stereocenters. The highest BCUT2D eigenvalue weighted by Crippen LogP contribution is 2.40. The van der Waals surface area contributed by atoms with Crippen molar-refractivity contribution in [3.05, 3.63) is 47.5 Å². The number of benzene rings is 2. The third-order valence-electron chi connectivity index (χ3n) is 8.54. The Labute approximate surface area is 283 Å². The molecule has 12 nitrogen and oxygen atoms in total. The Bertz CT molecular complexity index is 2020. The van der Waals surface area contributed by atoms with Crippen molar-refractivity contribution in [1.29, 1.82) is 0 Å². The SMILES string of the molecule is Cn1c(-c2cc3cccc(OC(F)COS(C)(=O)=O)c3n2CC2CC2)nc2cc3c(cc21)CCN(CC(CF)NC(=O)OC(C)(C)C)C3=O. The van der Waals surface area contributed by atoms with Gasteiger partial charge in [-0.25, -0.2) is 14.2 Å². The second-order valence-electron chi connectivity index (χ2n) is 13.8. The fourth-order valence-electron chi connectivity index (χ4n) is 6.16. The molecule has 0 spiro atoms. The Morgan fingerprint density at radius 3 is 2.61 bits per heavy atom. The number of carbonyl (C=O) groups excluding carboxylic acids is 2. The molecule has 3 heterocycles. The summed E-state index contributed by atoms with van der Waals surface area (Å²) in [7, 11) is -1.94. The van der Waals surface area contributed by atoms with E-state index in [0.717, 1.165) is 41.3 Å². The van der Waals surface area contributed by atoms with Gasteiger partial charge in [-0.1, -0.05) is 12.1 Å². The Balaban J connectivity index is 1.30. The Hall–Kier alpha value is -4.24. The molecule has 1 N–H and O–H groups in total. The third-order valence-corrected chi connectivity index (χ3v) is 9.10. The number of hydrogen-bond acceptors (Lipinski definition) is 8. The summed E-state index contributed by atoms with van der Waals surface area (Å²) >= 11 is 0. The molecule has 15 heteroatoms. The van der Waals surface area contributed by atoms with E-state index in [-0.39, 0.29) is 18.2 Å². The van der Waals surface area contributed by atoms with Crippen molar-refractivity contribution in [2.24, 2.45) is 13.0 Å². The molecular weight excluding hydrogens is 660 g/mol. The van der Waals surface area contributed by atoms with Crippen LogP contribution in [-0.4, -0.2) is 90.1 Å². The van der Waals surface area contributed by atoms with Crippen LogP contribution < -0.4 is 10.1 Å². The number of rotatable bonds is 12. The van der Waals surface area contributed by atoms with Gasteiger partial charge in [0.1, 0.15) is 24.6 Å². The number of nitrogens with one attached hydrogen (secondary N) is 1. The minimum Gasteiger partial charge on any atom is -0.456 e. The first-order valence-electron chi connectivity index (χ1n) is 16.2. The summed E-state index contributed by atoms with van der Waals surface area (Å²) in [4.78, 5) is 32.4. The lowest BCUT2D eigenvalue weighted by Gasteiger charge is -2.31. The van der Waals surface area contributed by atoms with Crippen LogP contribution in [0.5, 0.6) is 5.75 Å². The molecule has 4 aromatic rings. The van der Waals surface area contributed by atoms with Crippen molar-refractivity contribution in [2.75, 3.05) is 32.6 Å². The minimum atomic E-state index is -3.84. The first kappa shape index (κ1) is 34.6. The highest BCUT2D eigenvalue weighted by atomic mass is 32.2. The zero-order valence-electron chi connectivity index (χ0n) is 28.2. The van der Waals surface area contributed by atoms with Crippen LogP contribution in [0.2, 0.25) is 0 Å². The Morgan fingerprint density at radius 1 is 1.18 bits per heavy atom. The average molecular weight is 702 g/mol. The number of nitrogens with zero attached hydrogens (tertiary/aromatic N) is 4. The van der Waals surface area contributed by atoms with Crippen LogP contribution in [0.4, 0.5) is 13.6 Å². The van der Waals surface area contributed by atoms with Gasteiger partial charge in [-0.05, 0) is 75.8 Å². The molecule has 1 saturated carbocycles. The van der Waals surface area contributed by atoms with Crippen molar-refractivity contribution >= 4 is 44.1 Å². The van der Waals surface area contributed by atoms with Gasteiger partial charge in [0.2, 0.25) is 0 Å². The number of para-hydroxylation sites is 1. The number of aryl methyl sites for hydroxylation is 1. The number of halogens is 2. The predicted octanol–water partition coefficient (Wildman–Crippen LogP) is 5.12. The molecule has 2 unspecified atom stereocenters. The van der Waals surface area contributed by atoms with Gasteiger partial charge in [0.15, 0.2) is 5.82 Å². The standard InChI is InChI=1S/C34H41F2N5O7S/c1-34(2,3)48-33(43)37-23(16-35)18-40-12-11-21-13-26-25(15-24(21)32(40)42)38-31(39(26)4)27-14-22-7-6-8-28(30(22)41(27)17-20-9-10-20)47-29(36)19-46-49(5,44)45/h6-8,13-15,20,23,29H,9-12,16-19H2,1-5H3,(H,37,43). The number of ether oxygens (including phenoxy) is 2. The maximum absolute atomic E-state index is 14.8. The molecule has 1 aliphatic heterocycles. The highest BCUT2D eigenvalue weighted by molar-refractivity contribution is 7.85. The van der Waals surface area contributed by atoms with E-state index in [1.54, 1.807) is 39.0 Å². The molecule has 6 rings (SSSR count). The van der Waals surface area contributed by atoms with Crippen LogP contribution in [0, 0.1) is 5.92 Å². The number of carbonyl (C=O) groups is 2. The fraction of sp³-hybridized carbons (Fsp3) is 0.500. The third kappa shape index (κ3) is 7.82. The van der Waals surface area contributed by atoms with Gasteiger partial charge in [-0.3, -0.25) is 8.98 Å². The van der Waals surface area contributed by atoms with E-state index in [1.807, 2.05) is 29.8 Å². The highest BCUT2D eigenvalue weighted by Gasteiger charge is 2.31. The first-order chi connectivity index (χ1) is 23.1. The summed E-state index contributed by atoms with van der Waals surface area (Å²) in [5.41, 5.74) is 3.44. The smallest absolute Gasteiger partial charge is 0.408 e. The molecule has 264 valence electrons. The molecule has 0 bridgehead atoms. The normalized spacial score (nSPS) is 16.6. The number of fused-ring (bicyclic) bond motifs is 3. The van der Waals surface area contributed by atoms with E-state index in [9.17, 15) is 26.8 Å². The number of alkyl carbamates (subject to hydrolysis) is 1. The lowest BCUT2D eigenvalue weighted by molar-refractivity contribution is 0.0260. The van der Waals surface area contributed by atoms with Crippen LogP contribution in [0.15, 0.2) is 36.4 Å². The number of amides is 2.